The van der Waals surface area contributed by atoms with E-state index in [0.717, 1.165) is 25.9 Å². The molecule has 106 valence electrons. The average molecular weight is 275 g/mol. The highest BCUT2D eigenvalue weighted by Crippen LogP contribution is 2.17. The van der Waals surface area contributed by atoms with Crippen LogP contribution in [-0.2, 0) is 11.3 Å². The number of hydrogen-bond acceptors (Lipinski definition) is 3. The fraction of sp³-hybridized carbons (Fsp3) is 0.467. The maximum absolute atomic E-state index is 13.7. The predicted molar refractivity (Wildman–Crippen MR) is 73.2 cm³/mol. The Balaban J connectivity index is 2.05. The second kappa shape index (κ2) is 6.49. The first kappa shape index (κ1) is 14.5. The van der Waals surface area contributed by atoms with Gasteiger partial charge in [0.15, 0.2) is 0 Å². The SMILES string of the molecule is CN(Cc1cc(C#N)ccc1F)C(=O)C1CCNCC1. The van der Waals surface area contributed by atoms with Crippen LogP contribution in [0.5, 0.6) is 0 Å². The van der Waals surface area contributed by atoms with E-state index in [9.17, 15) is 9.18 Å². The van der Waals surface area contributed by atoms with Crippen molar-refractivity contribution >= 4 is 5.91 Å². The Morgan fingerprint density at radius 2 is 2.20 bits per heavy atom. The Bertz CT molecular complexity index is 532. The van der Waals surface area contributed by atoms with Crippen molar-refractivity contribution in [2.24, 2.45) is 5.92 Å². The molecule has 0 aromatic heterocycles. The first-order chi connectivity index (χ1) is 9.61. The topological polar surface area (TPSA) is 56.1 Å². The monoisotopic (exact) mass is 275 g/mol. The molecule has 1 fully saturated rings. The van der Waals surface area contributed by atoms with Gasteiger partial charge in [-0.05, 0) is 44.1 Å². The lowest BCUT2D eigenvalue weighted by Gasteiger charge is -2.27. The van der Waals surface area contributed by atoms with Crippen LogP contribution < -0.4 is 5.32 Å². The van der Waals surface area contributed by atoms with Crippen molar-refractivity contribution in [3.63, 3.8) is 0 Å². The molecule has 1 heterocycles. The molecular weight excluding hydrogens is 257 g/mol. The summed E-state index contributed by atoms with van der Waals surface area (Å²) in [7, 11) is 1.68. The molecule has 2 rings (SSSR count). The summed E-state index contributed by atoms with van der Waals surface area (Å²) in [6.45, 7) is 1.90. The Kier molecular flexibility index (Phi) is 4.70. The lowest BCUT2D eigenvalue weighted by atomic mass is 9.96. The lowest BCUT2D eigenvalue weighted by Crippen LogP contribution is -2.39. The number of rotatable bonds is 3. The summed E-state index contributed by atoms with van der Waals surface area (Å²) in [6, 6.07) is 6.20. The molecule has 1 amide bonds. The third-order valence-corrected chi connectivity index (χ3v) is 3.65. The molecular formula is C15H18FN3O. The first-order valence-electron chi connectivity index (χ1n) is 6.76. The molecule has 0 spiro atoms. The van der Waals surface area contributed by atoms with E-state index in [4.69, 9.17) is 5.26 Å². The van der Waals surface area contributed by atoms with Gasteiger partial charge in [0.2, 0.25) is 5.91 Å². The second-order valence-corrected chi connectivity index (χ2v) is 5.14. The fourth-order valence-corrected chi connectivity index (χ4v) is 2.48. The van der Waals surface area contributed by atoms with Crippen molar-refractivity contribution in [3.05, 3.63) is 35.1 Å². The summed E-state index contributed by atoms with van der Waals surface area (Å²) >= 11 is 0. The van der Waals surface area contributed by atoms with Crippen LogP contribution >= 0.6 is 0 Å². The van der Waals surface area contributed by atoms with Gasteiger partial charge in [-0.3, -0.25) is 4.79 Å². The van der Waals surface area contributed by atoms with Gasteiger partial charge in [-0.15, -0.1) is 0 Å². The molecule has 1 aromatic carbocycles. The summed E-state index contributed by atoms with van der Waals surface area (Å²) in [5.74, 6) is -0.314. The van der Waals surface area contributed by atoms with Gasteiger partial charge in [0, 0.05) is 25.1 Å². The maximum atomic E-state index is 13.7. The van der Waals surface area contributed by atoms with Crippen LogP contribution in [0.3, 0.4) is 0 Å². The van der Waals surface area contributed by atoms with E-state index in [0.29, 0.717) is 11.1 Å². The largest absolute Gasteiger partial charge is 0.341 e. The van der Waals surface area contributed by atoms with E-state index < -0.39 is 0 Å². The molecule has 1 aromatic rings. The van der Waals surface area contributed by atoms with Crippen LogP contribution in [-0.4, -0.2) is 30.9 Å². The molecule has 5 heteroatoms. The van der Waals surface area contributed by atoms with E-state index in [2.05, 4.69) is 5.32 Å². The molecule has 1 saturated heterocycles. The Labute approximate surface area is 118 Å². The van der Waals surface area contributed by atoms with Crippen molar-refractivity contribution in [3.8, 4) is 6.07 Å². The third-order valence-electron chi connectivity index (χ3n) is 3.65. The number of nitrogens with zero attached hydrogens (tertiary/aromatic N) is 2. The number of halogens is 1. The Morgan fingerprint density at radius 1 is 1.50 bits per heavy atom. The molecule has 0 aliphatic carbocycles. The average Bonchev–Trinajstić information content (AvgIpc) is 2.49. The van der Waals surface area contributed by atoms with Gasteiger partial charge in [-0.25, -0.2) is 4.39 Å². The summed E-state index contributed by atoms with van der Waals surface area (Å²) in [5, 5.41) is 12.1. The summed E-state index contributed by atoms with van der Waals surface area (Å²) in [6.07, 6.45) is 1.65. The van der Waals surface area contributed by atoms with E-state index in [1.54, 1.807) is 11.9 Å². The number of nitrogens with one attached hydrogen (secondary N) is 1. The minimum atomic E-state index is -0.381. The molecule has 0 saturated carbocycles. The van der Waals surface area contributed by atoms with Crippen molar-refractivity contribution in [2.75, 3.05) is 20.1 Å². The highest BCUT2D eigenvalue weighted by Gasteiger charge is 2.24. The van der Waals surface area contributed by atoms with Gasteiger partial charge in [-0.1, -0.05) is 0 Å². The molecule has 1 aliphatic heterocycles. The summed E-state index contributed by atoms with van der Waals surface area (Å²) in [4.78, 5) is 13.8. The first-order valence-corrected chi connectivity index (χ1v) is 6.76. The molecule has 0 bridgehead atoms. The van der Waals surface area contributed by atoms with Gasteiger partial charge in [-0.2, -0.15) is 5.26 Å². The Hall–Kier alpha value is -1.93. The van der Waals surface area contributed by atoms with E-state index >= 15 is 0 Å². The zero-order chi connectivity index (χ0) is 14.5. The predicted octanol–water partition coefficient (Wildman–Crippen LogP) is 1.66. The molecule has 1 aliphatic rings. The number of hydrogen-bond donors (Lipinski definition) is 1. The van der Waals surface area contributed by atoms with E-state index in [-0.39, 0.29) is 24.2 Å². The van der Waals surface area contributed by atoms with Crippen molar-refractivity contribution in [1.29, 1.82) is 5.26 Å². The smallest absolute Gasteiger partial charge is 0.225 e. The number of carbonyl (C=O) groups excluding carboxylic acids is 1. The molecule has 1 N–H and O–H groups in total. The van der Waals surface area contributed by atoms with Crippen LogP contribution in [0.15, 0.2) is 18.2 Å². The van der Waals surface area contributed by atoms with Crippen LogP contribution in [0.4, 0.5) is 4.39 Å². The number of carbonyl (C=O) groups is 1. The van der Waals surface area contributed by atoms with Crippen molar-refractivity contribution in [2.45, 2.75) is 19.4 Å². The van der Waals surface area contributed by atoms with E-state index in [1.807, 2.05) is 6.07 Å². The minimum Gasteiger partial charge on any atom is -0.341 e. The van der Waals surface area contributed by atoms with Crippen molar-refractivity contribution < 1.29 is 9.18 Å². The van der Waals surface area contributed by atoms with Crippen LogP contribution in [0.2, 0.25) is 0 Å². The van der Waals surface area contributed by atoms with Gasteiger partial charge in [0.1, 0.15) is 5.82 Å². The number of piperidine rings is 1. The quantitative estimate of drug-likeness (QED) is 0.912. The van der Waals surface area contributed by atoms with Crippen LogP contribution in [0.1, 0.15) is 24.0 Å². The van der Waals surface area contributed by atoms with Crippen molar-refractivity contribution in [1.82, 2.24) is 10.2 Å². The third kappa shape index (κ3) is 3.34. The van der Waals surface area contributed by atoms with Gasteiger partial charge < -0.3 is 10.2 Å². The number of amides is 1. The van der Waals surface area contributed by atoms with Gasteiger partial charge >= 0.3 is 0 Å². The summed E-state index contributed by atoms with van der Waals surface area (Å²) < 4.78 is 13.7. The molecule has 0 radical (unpaired) electrons. The molecule has 0 atom stereocenters. The van der Waals surface area contributed by atoms with Gasteiger partial charge in [0.05, 0.1) is 11.6 Å². The molecule has 20 heavy (non-hydrogen) atoms. The maximum Gasteiger partial charge on any atom is 0.225 e. The highest BCUT2D eigenvalue weighted by atomic mass is 19.1. The minimum absolute atomic E-state index is 0.0171. The lowest BCUT2D eigenvalue weighted by molar-refractivity contribution is -0.135. The Morgan fingerprint density at radius 3 is 2.85 bits per heavy atom. The van der Waals surface area contributed by atoms with Gasteiger partial charge in [0.25, 0.3) is 0 Å². The van der Waals surface area contributed by atoms with Crippen LogP contribution in [0.25, 0.3) is 0 Å². The number of benzene rings is 1. The highest BCUT2D eigenvalue weighted by molar-refractivity contribution is 5.78. The molecule has 0 unspecified atom stereocenters. The zero-order valence-corrected chi connectivity index (χ0v) is 11.5. The standard InChI is InChI=1S/C15H18FN3O/c1-19(15(20)12-4-6-18-7-5-12)10-13-8-11(9-17)2-3-14(13)16/h2-3,8,12,18H,4-7,10H2,1H3. The molecule has 4 nitrogen and oxygen atoms in total. The number of nitriles is 1. The van der Waals surface area contributed by atoms with Crippen LogP contribution in [0, 0.1) is 23.1 Å². The normalized spacial score (nSPS) is 15.7. The van der Waals surface area contributed by atoms with E-state index in [1.165, 1.54) is 18.2 Å². The second-order valence-electron chi connectivity index (χ2n) is 5.14. The summed E-state index contributed by atoms with van der Waals surface area (Å²) in [5.41, 5.74) is 0.790. The zero-order valence-electron chi connectivity index (χ0n) is 11.5. The fourth-order valence-electron chi connectivity index (χ4n) is 2.48.